The molecular weight excluding hydrogens is 288 g/mol. The predicted molar refractivity (Wildman–Crippen MR) is 85.5 cm³/mol. The SMILES string of the molecule is CCCNC(c1ccc(-c2cc(F)ccc2F)s1)C(C)C. The van der Waals surface area contributed by atoms with Gasteiger partial charge in [0.2, 0.25) is 0 Å². The molecule has 0 radical (unpaired) electrons. The van der Waals surface area contributed by atoms with Crippen molar-refractivity contribution < 1.29 is 8.78 Å². The number of hydrogen-bond donors (Lipinski definition) is 1. The van der Waals surface area contributed by atoms with Crippen LogP contribution in [0.15, 0.2) is 30.3 Å². The first-order chi connectivity index (χ1) is 10.0. The fraction of sp³-hybridized carbons (Fsp3) is 0.412. The van der Waals surface area contributed by atoms with E-state index in [4.69, 9.17) is 0 Å². The van der Waals surface area contributed by atoms with Crippen LogP contribution in [0.25, 0.3) is 10.4 Å². The summed E-state index contributed by atoms with van der Waals surface area (Å²) < 4.78 is 27.2. The molecule has 0 fully saturated rings. The van der Waals surface area contributed by atoms with Crippen LogP contribution in [-0.2, 0) is 0 Å². The summed E-state index contributed by atoms with van der Waals surface area (Å²) in [4.78, 5) is 1.93. The molecule has 0 saturated carbocycles. The Hall–Kier alpha value is -1.26. The van der Waals surface area contributed by atoms with E-state index in [0.717, 1.165) is 28.8 Å². The number of benzene rings is 1. The van der Waals surface area contributed by atoms with Crippen LogP contribution >= 0.6 is 11.3 Å². The third-order valence-corrected chi connectivity index (χ3v) is 4.61. The Bertz CT molecular complexity index is 592. The van der Waals surface area contributed by atoms with Crippen molar-refractivity contribution in [2.45, 2.75) is 33.2 Å². The predicted octanol–water partition coefficient (Wildman–Crippen LogP) is 5.39. The normalized spacial score (nSPS) is 12.9. The quantitative estimate of drug-likeness (QED) is 0.754. The van der Waals surface area contributed by atoms with E-state index < -0.39 is 5.82 Å². The van der Waals surface area contributed by atoms with E-state index in [2.05, 4.69) is 26.1 Å². The zero-order valence-corrected chi connectivity index (χ0v) is 13.4. The zero-order valence-electron chi connectivity index (χ0n) is 12.6. The van der Waals surface area contributed by atoms with Gasteiger partial charge in [0.15, 0.2) is 0 Å². The van der Waals surface area contributed by atoms with E-state index in [0.29, 0.717) is 11.5 Å². The molecule has 114 valence electrons. The van der Waals surface area contributed by atoms with E-state index in [9.17, 15) is 8.78 Å². The first kappa shape index (κ1) is 16.1. The van der Waals surface area contributed by atoms with E-state index in [1.807, 2.05) is 12.1 Å². The number of halogens is 2. The highest BCUT2D eigenvalue weighted by molar-refractivity contribution is 7.15. The molecule has 0 aliphatic heterocycles. The maximum atomic E-state index is 13.9. The molecule has 2 aromatic rings. The van der Waals surface area contributed by atoms with Gasteiger partial charge in [0, 0.05) is 21.4 Å². The fourth-order valence-corrected chi connectivity index (χ4v) is 3.59. The monoisotopic (exact) mass is 309 g/mol. The van der Waals surface area contributed by atoms with Crippen molar-refractivity contribution in [1.82, 2.24) is 5.32 Å². The Morgan fingerprint density at radius 1 is 1.14 bits per heavy atom. The Kier molecular flexibility index (Phi) is 5.48. The standard InChI is InChI=1S/C17H21F2NS/c1-4-9-20-17(11(2)3)16-8-7-15(21-16)13-10-12(18)5-6-14(13)19/h5-8,10-11,17,20H,4,9H2,1-3H3. The highest BCUT2D eigenvalue weighted by Gasteiger charge is 2.18. The van der Waals surface area contributed by atoms with E-state index in [-0.39, 0.29) is 11.9 Å². The number of rotatable bonds is 6. The lowest BCUT2D eigenvalue weighted by atomic mass is 10.0. The Labute approximate surface area is 129 Å². The van der Waals surface area contributed by atoms with Crippen molar-refractivity contribution in [1.29, 1.82) is 0 Å². The molecule has 2 rings (SSSR count). The molecule has 1 nitrogen and oxygen atoms in total. The molecule has 4 heteroatoms. The van der Waals surface area contributed by atoms with Gasteiger partial charge in [0.1, 0.15) is 11.6 Å². The Balaban J connectivity index is 2.29. The molecule has 1 aromatic heterocycles. The summed E-state index contributed by atoms with van der Waals surface area (Å²) >= 11 is 1.53. The Morgan fingerprint density at radius 3 is 2.57 bits per heavy atom. The van der Waals surface area contributed by atoms with Crippen molar-refractivity contribution in [3.05, 3.63) is 46.8 Å². The summed E-state index contributed by atoms with van der Waals surface area (Å²) in [6.45, 7) is 7.40. The van der Waals surface area contributed by atoms with Gasteiger partial charge in [-0.2, -0.15) is 0 Å². The van der Waals surface area contributed by atoms with Gasteiger partial charge in [-0.25, -0.2) is 8.78 Å². The molecule has 0 bridgehead atoms. The van der Waals surface area contributed by atoms with Gasteiger partial charge in [-0.1, -0.05) is 20.8 Å². The highest BCUT2D eigenvalue weighted by Crippen LogP contribution is 2.35. The molecule has 0 aliphatic carbocycles. The van der Waals surface area contributed by atoms with E-state index in [1.165, 1.54) is 23.5 Å². The third-order valence-electron chi connectivity index (χ3n) is 3.41. The van der Waals surface area contributed by atoms with Crippen molar-refractivity contribution in [2.75, 3.05) is 6.54 Å². The second kappa shape index (κ2) is 7.14. The largest absolute Gasteiger partial charge is 0.309 e. The van der Waals surface area contributed by atoms with Crippen LogP contribution in [0.5, 0.6) is 0 Å². The molecule has 0 aliphatic rings. The van der Waals surface area contributed by atoms with Crippen molar-refractivity contribution in [3.8, 4) is 10.4 Å². The molecule has 0 saturated heterocycles. The van der Waals surface area contributed by atoms with Gasteiger partial charge in [0.05, 0.1) is 0 Å². The topological polar surface area (TPSA) is 12.0 Å². The lowest BCUT2D eigenvalue weighted by Crippen LogP contribution is -2.25. The number of nitrogens with one attached hydrogen (secondary N) is 1. The van der Waals surface area contributed by atoms with Crippen molar-refractivity contribution >= 4 is 11.3 Å². The fourth-order valence-electron chi connectivity index (χ4n) is 2.32. The summed E-state index contributed by atoms with van der Waals surface area (Å²) in [5, 5.41) is 3.52. The molecule has 21 heavy (non-hydrogen) atoms. The van der Waals surface area contributed by atoms with Crippen LogP contribution in [0.4, 0.5) is 8.78 Å². The van der Waals surface area contributed by atoms with Crippen LogP contribution in [0.2, 0.25) is 0 Å². The van der Waals surface area contributed by atoms with Gasteiger partial charge in [0.25, 0.3) is 0 Å². The second-order valence-electron chi connectivity index (χ2n) is 5.50. The molecule has 1 heterocycles. The number of hydrogen-bond acceptors (Lipinski definition) is 2. The van der Waals surface area contributed by atoms with Crippen LogP contribution in [-0.4, -0.2) is 6.54 Å². The van der Waals surface area contributed by atoms with Gasteiger partial charge in [-0.05, 0) is 49.2 Å². The van der Waals surface area contributed by atoms with Crippen LogP contribution in [0, 0.1) is 17.6 Å². The molecule has 1 atom stereocenters. The minimum absolute atomic E-state index is 0.250. The van der Waals surface area contributed by atoms with Gasteiger partial charge in [-0.3, -0.25) is 0 Å². The molecule has 1 aromatic carbocycles. The molecule has 0 spiro atoms. The molecule has 1 N–H and O–H groups in total. The Morgan fingerprint density at radius 2 is 1.90 bits per heavy atom. The third kappa shape index (κ3) is 3.89. The smallest absolute Gasteiger partial charge is 0.132 e. The first-order valence-corrected chi connectivity index (χ1v) is 8.13. The average Bonchev–Trinajstić information content (AvgIpc) is 2.91. The lowest BCUT2D eigenvalue weighted by Gasteiger charge is -2.20. The van der Waals surface area contributed by atoms with Crippen LogP contribution in [0.3, 0.4) is 0 Å². The van der Waals surface area contributed by atoms with Crippen molar-refractivity contribution in [3.63, 3.8) is 0 Å². The zero-order chi connectivity index (χ0) is 15.4. The molecular formula is C17H21F2NS. The lowest BCUT2D eigenvalue weighted by molar-refractivity contribution is 0.418. The maximum Gasteiger partial charge on any atom is 0.132 e. The highest BCUT2D eigenvalue weighted by atomic mass is 32.1. The van der Waals surface area contributed by atoms with Gasteiger partial charge in [-0.15, -0.1) is 11.3 Å². The summed E-state index contributed by atoms with van der Waals surface area (Å²) in [6, 6.07) is 7.72. The minimum Gasteiger partial charge on any atom is -0.309 e. The average molecular weight is 309 g/mol. The summed E-state index contributed by atoms with van der Waals surface area (Å²) in [5.41, 5.74) is 0.337. The second-order valence-corrected chi connectivity index (χ2v) is 6.62. The summed E-state index contributed by atoms with van der Waals surface area (Å²) in [7, 11) is 0. The number of thiophene rings is 1. The minimum atomic E-state index is -0.411. The molecule has 1 unspecified atom stereocenters. The van der Waals surface area contributed by atoms with Crippen LogP contribution in [0.1, 0.15) is 38.1 Å². The van der Waals surface area contributed by atoms with Gasteiger partial charge >= 0.3 is 0 Å². The van der Waals surface area contributed by atoms with E-state index in [1.54, 1.807) is 0 Å². The summed E-state index contributed by atoms with van der Waals surface area (Å²) in [6.07, 6.45) is 1.07. The van der Waals surface area contributed by atoms with Crippen LogP contribution < -0.4 is 5.32 Å². The summed E-state index contributed by atoms with van der Waals surface area (Å²) in [5.74, 6) is -0.348. The molecule has 0 amide bonds. The maximum absolute atomic E-state index is 13.9. The van der Waals surface area contributed by atoms with Crippen molar-refractivity contribution in [2.24, 2.45) is 5.92 Å². The van der Waals surface area contributed by atoms with E-state index >= 15 is 0 Å². The van der Waals surface area contributed by atoms with Gasteiger partial charge < -0.3 is 5.32 Å². The first-order valence-electron chi connectivity index (χ1n) is 7.31.